The van der Waals surface area contributed by atoms with Crippen LogP contribution in [-0.4, -0.2) is 11.4 Å². The van der Waals surface area contributed by atoms with E-state index >= 15 is 0 Å². The Morgan fingerprint density at radius 1 is 1.31 bits per heavy atom. The third-order valence-corrected chi connectivity index (χ3v) is 2.33. The van der Waals surface area contributed by atoms with Crippen molar-refractivity contribution in [2.45, 2.75) is 6.92 Å². The van der Waals surface area contributed by atoms with E-state index in [1.807, 2.05) is 0 Å². The minimum Gasteiger partial charge on any atom is -0.493 e. The van der Waals surface area contributed by atoms with Crippen molar-refractivity contribution in [2.24, 2.45) is 0 Å². The second-order valence-corrected chi connectivity index (χ2v) is 3.22. The molecule has 2 rings (SSSR count). The Bertz CT molecular complexity index is 720. The molecule has 0 spiro atoms. The molecule has 0 saturated carbocycles. The SMILES string of the molecule is CCOc1cccc2c(=O)c(=[N+]=[N-])c(=O)c12. The van der Waals surface area contributed by atoms with Crippen molar-refractivity contribution in [3.05, 3.63) is 49.5 Å². The summed E-state index contributed by atoms with van der Waals surface area (Å²) in [5, 5.41) is -0.0481. The summed E-state index contributed by atoms with van der Waals surface area (Å²) in [7, 11) is 0. The molecule has 2 aromatic carbocycles. The van der Waals surface area contributed by atoms with Gasteiger partial charge in [-0.25, -0.2) is 0 Å². The van der Waals surface area contributed by atoms with Gasteiger partial charge in [0.15, 0.2) is 0 Å². The van der Waals surface area contributed by atoms with E-state index < -0.39 is 16.2 Å². The van der Waals surface area contributed by atoms with Crippen LogP contribution in [0, 0.1) is 0 Å². The van der Waals surface area contributed by atoms with Gasteiger partial charge in [0.1, 0.15) is 5.75 Å². The lowest BCUT2D eigenvalue weighted by molar-refractivity contribution is -0.0674. The molecule has 0 heterocycles. The van der Waals surface area contributed by atoms with Gasteiger partial charge in [-0.05, 0) is 19.1 Å². The Hall–Kier alpha value is -2.26. The first-order chi connectivity index (χ1) is 7.70. The number of ether oxygens (including phenoxy) is 1. The van der Waals surface area contributed by atoms with E-state index in [1.54, 1.807) is 19.1 Å². The summed E-state index contributed by atoms with van der Waals surface area (Å²) in [4.78, 5) is 26.1. The molecule has 0 bridgehead atoms. The third kappa shape index (κ3) is 1.26. The normalized spacial score (nSPS) is 10.3. The van der Waals surface area contributed by atoms with Gasteiger partial charge in [-0.15, -0.1) is 0 Å². The monoisotopic (exact) mass is 216 g/mol. The molecule has 0 saturated heterocycles. The average molecular weight is 216 g/mol. The molecular formula is C11H8N2O3. The van der Waals surface area contributed by atoms with Crippen LogP contribution in [0.4, 0.5) is 0 Å². The van der Waals surface area contributed by atoms with Gasteiger partial charge in [0.25, 0.3) is 10.9 Å². The van der Waals surface area contributed by atoms with Crippen LogP contribution in [0.15, 0.2) is 27.8 Å². The maximum absolute atomic E-state index is 11.7. The van der Waals surface area contributed by atoms with E-state index in [1.165, 1.54) is 6.07 Å². The van der Waals surface area contributed by atoms with E-state index in [-0.39, 0.29) is 10.8 Å². The lowest BCUT2D eigenvalue weighted by atomic mass is 10.2. The fourth-order valence-corrected chi connectivity index (χ4v) is 1.67. The summed E-state index contributed by atoms with van der Waals surface area (Å²) in [6, 6.07) is 4.74. The zero-order chi connectivity index (χ0) is 11.7. The van der Waals surface area contributed by atoms with E-state index in [0.717, 1.165) is 0 Å². The third-order valence-electron chi connectivity index (χ3n) is 2.33. The zero-order valence-corrected chi connectivity index (χ0v) is 8.56. The molecule has 0 radical (unpaired) electrons. The predicted octanol–water partition coefficient (Wildman–Crippen LogP) is -0.0350. The molecule has 0 aliphatic carbocycles. The topological polar surface area (TPSA) is 79.8 Å². The van der Waals surface area contributed by atoms with E-state index in [4.69, 9.17) is 10.3 Å². The largest absolute Gasteiger partial charge is 0.493 e. The average Bonchev–Trinajstić information content (AvgIpc) is 2.53. The smallest absolute Gasteiger partial charge is 0.410 e. The summed E-state index contributed by atoms with van der Waals surface area (Å²) in [5.74, 6) is 0.344. The quantitative estimate of drug-likeness (QED) is 0.522. The van der Waals surface area contributed by atoms with E-state index in [2.05, 4.69) is 4.79 Å². The lowest BCUT2D eigenvalue weighted by Crippen LogP contribution is -2.32. The number of benzene rings is 1. The molecule has 0 unspecified atom stereocenters. The van der Waals surface area contributed by atoms with Crippen LogP contribution in [0.1, 0.15) is 6.92 Å². The van der Waals surface area contributed by atoms with E-state index in [9.17, 15) is 9.59 Å². The fourth-order valence-electron chi connectivity index (χ4n) is 1.67. The first-order valence-corrected chi connectivity index (χ1v) is 4.78. The van der Waals surface area contributed by atoms with Crippen molar-refractivity contribution < 1.29 is 9.53 Å². The van der Waals surface area contributed by atoms with Gasteiger partial charge in [-0.1, -0.05) is 6.07 Å². The lowest BCUT2D eigenvalue weighted by Gasteiger charge is -2.02. The number of hydrogen-bond donors (Lipinski definition) is 0. The minimum atomic E-state index is -0.591. The summed E-state index contributed by atoms with van der Waals surface area (Å²) in [5.41, 5.74) is 7.45. The maximum Gasteiger partial charge on any atom is 0.410 e. The van der Waals surface area contributed by atoms with Gasteiger partial charge in [0.05, 0.1) is 12.0 Å². The predicted molar refractivity (Wildman–Crippen MR) is 56.8 cm³/mol. The minimum absolute atomic E-state index is 0.183. The van der Waals surface area contributed by atoms with Crippen molar-refractivity contribution >= 4 is 10.8 Å². The highest BCUT2D eigenvalue weighted by molar-refractivity contribution is 5.88. The Labute approximate surface area is 89.9 Å². The summed E-state index contributed by atoms with van der Waals surface area (Å²) in [6.07, 6.45) is 0. The fraction of sp³-hybridized carbons (Fsp3) is 0.182. The Kier molecular flexibility index (Phi) is 2.38. The Morgan fingerprint density at radius 3 is 2.69 bits per heavy atom. The van der Waals surface area contributed by atoms with Gasteiger partial charge in [-0.2, -0.15) is 4.79 Å². The van der Waals surface area contributed by atoms with Gasteiger partial charge < -0.3 is 10.3 Å². The molecule has 0 aliphatic rings. The number of hydrogen-bond acceptors (Lipinski definition) is 3. The first-order valence-electron chi connectivity index (χ1n) is 4.78. The number of nitrogens with zero attached hydrogens (tertiary/aromatic N) is 2. The standard InChI is InChI=1S/C11H8N2O3/c1-2-16-7-5-3-4-6-8(7)11(15)9(13-12)10(6)14/h3-5H,2H2,1H3. The second-order valence-electron chi connectivity index (χ2n) is 3.22. The molecule has 0 aromatic heterocycles. The molecule has 5 nitrogen and oxygen atoms in total. The van der Waals surface area contributed by atoms with Crippen molar-refractivity contribution in [2.75, 3.05) is 6.61 Å². The summed E-state index contributed by atoms with van der Waals surface area (Å²) >= 11 is 0. The highest BCUT2D eigenvalue weighted by atomic mass is 16.5. The Morgan fingerprint density at radius 2 is 2.06 bits per heavy atom. The molecule has 0 N–H and O–H groups in total. The van der Waals surface area contributed by atoms with Crippen LogP contribution in [0.5, 0.6) is 5.75 Å². The van der Waals surface area contributed by atoms with Crippen LogP contribution in [-0.2, 0) is 0 Å². The molecule has 0 atom stereocenters. The summed E-state index contributed by atoms with van der Waals surface area (Å²) in [6.45, 7) is 2.17. The number of rotatable bonds is 2. The summed E-state index contributed by atoms with van der Waals surface area (Å²) < 4.78 is 5.25. The van der Waals surface area contributed by atoms with Crippen LogP contribution >= 0.6 is 0 Å². The molecule has 16 heavy (non-hydrogen) atoms. The highest BCUT2D eigenvalue weighted by Gasteiger charge is 2.19. The number of fused-ring (bicyclic) bond motifs is 1. The van der Waals surface area contributed by atoms with Gasteiger partial charge in [0.2, 0.25) is 0 Å². The van der Waals surface area contributed by atoms with Crippen LogP contribution < -0.4 is 21.0 Å². The molecule has 0 amide bonds. The van der Waals surface area contributed by atoms with Crippen molar-refractivity contribution in [1.29, 1.82) is 0 Å². The van der Waals surface area contributed by atoms with Gasteiger partial charge >= 0.3 is 5.36 Å². The van der Waals surface area contributed by atoms with Crippen LogP contribution in [0.25, 0.3) is 16.3 Å². The molecule has 2 aromatic rings. The highest BCUT2D eigenvalue weighted by Crippen LogP contribution is 2.19. The zero-order valence-electron chi connectivity index (χ0n) is 8.56. The van der Waals surface area contributed by atoms with Gasteiger partial charge in [-0.3, -0.25) is 9.59 Å². The van der Waals surface area contributed by atoms with Gasteiger partial charge in [0, 0.05) is 5.39 Å². The van der Waals surface area contributed by atoms with E-state index in [0.29, 0.717) is 12.4 Å². The first kappa shape index (κ1) is 10.3. The Balaban J connectivity index is 3.06. The second kappa shape index (κ2) is 3.72. The molecular weight excluding hydrogens is 208 g/mol. The van der Waals surface area contributed by atoms with Crippen molar-refractivity contribution in [3.63, 3.8) is 0 Å². The molecule has 0 aliphatic heterocycles. The van der Waals surface area contributed by atoms with Crippen LogP contribution in [0.2, 0.25) is 0 Å². The molecule has 80 valence electrons. The molecule has 0 fully saturated rings. The van der Waals surface area contributed by atoms with Crippen LogP contribution in [0.3, 0.4) is 0 Å². The maximum atomic E-state index is 11.7. The van der Waals surface area contributed by atoms with Crippen molar-refractivity contribution in [3.8, 4) is 5.75 Å². The molecule has 5 heteroatoms. The van der Waals surface area contributed by atoms with Crippen molar-refractivity contribution in [1.82, 2.24) is 0 Å².